The van der Waals surface area contributed by atoms with Gasteiger partial charge in [-0.25, -0.2) is 9.97 Å². The molecule has 0 saturated heterocycles. The minimum atomic E-state index is -0.813. The van der Waals surface area contributed by atoms with Gasteiger partial charge in [0.25, 0.3) is 0 Å². The number of nitrogens with zero attached hydrogens (tertiary/aromatic N) is 3. The van der Waals surface area contributed by atoms with Gasteiger partial charge in [0.1, 0.15) is 11.6 Å². The molecule has 6 nitrogen and oxygen atoms in total. The molecule has 1 aliphatic carbocycles. The SMILES string of the molecule is COc1ccc(-c2nc3c(c(N4CCc5cc(CC(=O)O)ccc54)n2)CCCC3)cc1Cl. The average Bonchev–Trinajstić information content (AvgIpc) is 3.21. The van der Waals surface area contributed by atoms with Gasteiger partial charge in [-0.1, -0.05) is 23.7 Å². The third kappa shape index (κ3) is 3.79. The molecule has 2 aliphatic rings. The Morgan fingerprint density at radius 3 is 2.75 bits per heavy atom. The first-order chi connectivity index (χ1) is 15.5. The molecule has 0 spiro atoms. The van der Waals surface area contributed by atoms with Crippen LogP contribution in [0.5, 0.6) is 5.75 Å². The van der Waals surface area contributed by atoms with E-state index in [0.717, 1.165) is 67.0 Å². The number of aliphatic carboxylic acids is 1. The first-order valence-corrected chi connectivity index (χ1v) is 11.3. The summed E-state index contributed by atoms with van der Waals surface area (Å²) in [7, 11) is 1.60. The van der Waals surface area contributed by atoms with Crippen LogP contribution in [0.25, 0.3) is 11.4 Å². The number of carbonyl (C=O) groups is 1. The van der Waals surface area contributed by atoms with Crippen molar-refractivity contribution < 1.29 is 14.6 Å². The van der Waals surface area contributed by atoms with Gasteiger partial charge in [-0.15, -0.1) is 0 Å². The molecule has 3 aromatic rings. The molecule has 0 bridgehead atoms. The Hall–Kier alpha value is -3.12. The molecule has 5 rings (SSSR count). The number of ether oxygens (including phenoxy) is 1. The number of aromatic nitrogens is 2. The Morgan fingerprint density at radius 2 is 1.97 bits per heavy atom. The van der Waals surface area contributed by atoms with Gasteiger partial charge in [-0.3, -0.25) is 4.79 Å². The van der Waals surface area contributed by atoms with E-state index in [0.29, 0.717) is 16.6 Å². The minimum Gasteiger partial charge on any atom is -0.495 e. The molecule has 0 unspecified atom stereocenters. The number of aryl methyl sites for hydroxylation is 1. The molecule has 7 heteroatoms. The number of anilines is 2. The molecule has 0 amide bonds. The number of carboxylic acid groups (broad SMARTS) is 1. The highest BCUT2D eigenvalue weighted by Gasteiger charge is 2.28. The first kappa shape index (κ1) is 20.8. The highest BCUT2D eigenvalue weighted by molar-refractivity contribution is 6.32. The predicted molar refractivity (Wildman–Crippen MR) is 124 cm³/mol. The highest BCUT2D eigenvalue weighted by atomic mass is 35.5. The van der Waals surface area contributed by atoms with Crippen molar-refractivity contribution in [1.29, 1.82) is 0 Å². The van der Waals surface area contributed by atoms with Gasteiger partial charge in [-0.2, -0.15) is 0 Å². The lowest BCUT2D eigenvalue weighted by Gasteiger charge is -2.26. The molecule has 0 atom stereocenters. The third-order valence-corrected chi connectivity index (χ3v) is 6.52. The Balaban J connectivity index is 1.58. The molecular formula is C25H24ClN3O3. The summed E-state index contributed by atoms with van der Waals surface area (Å²) < 4.78 is 5.29. The van der Waals surface area contributed by atoms with Crippen LogP contribution in [0.4, 0.5) is 11.5 Å². The summed E-state index contributed by atoms with van der Waals surface area (Å²) >= 11 is 6.37. The second-order valence-electron chi connectivity index (χ2n) is 8.29. The van der Waals surface area contributed by atoms with Crippen molar-refractivity contribution in [3.8, 4) is 17.1 Å². The second-order valence-corrected chi connectivity index (χ2v) is 8.69. The number of carboxylic acids is 1. The highest BCUT2D eigenvalue weighted by Crippen LogP contribution is 2.39. The van der Waals surface area contributed by atoms with Crippen LogP contribution in [0.3, 0.4) is 0 Å². The van der Waals surface area contributed by atoms with Gasteiger partial charge in [0.15, 0.2) is 5.82 Å². The maximum Gasteiger partial charge on any atom is 0.307 e. The molecule has 0 fully saturated rings. The summed E-state index contributed by atoms with van der Waals surface area (Å²) in [5.41, 5.74) is 6.30. The molecule has 1 aliphatic heterocycles. The van der Waals surface area contributed by atoms with Crippen molar-refractivity contribution in [2.45, 2.75) is 38.5 Å². The van der Waals surface area contributed by atoms with Crippen LogP contribution < -0.4 is 9.64 Å². The molecule has 1 N–H and O–H groups in total. The fraction of sp³-hybridized carbons (Fsp3) is 0.320. The lowest BCUT2D eigenvalue weighted by atomic mass is 9.95. The number of methoxy groups -OCH3 is 1. The molecule has 0 saturated carbocycles. The van der Waals surface area contributed by atoms with Crippen LogP contribution in [-0.2, 0) is 30.5 Å². The zero-order chi connectivity index (χ0) is 22.2. The molecule has 32 heavy (non-hydrogen) atoms. The topological polar surface area (TPSA) is 75.5 Å². The largest absolute Gasteiger partial charge is 0.495 e. The van der Waals surface area contributed by atoms with Crippen LogP contribution in [0.15, 0.2) is 36.4 Å². The van der Waals surface area contributed by atoms with E-state index in [2.05, 4.69) is 4.90 Å². The lowest BCUT2D eigenvalue weighted by Crippen LogP contribution is -2.21. The van der Waals surface area contributed by atoms with E-state index in [1.54, 1.807) is 7.11 Å². The van der Waals surface area contributed by atoms with E-state index in [1.165, 1.54) is 11.1 Å². The van der Waals surface area contributed by atoms with Crippen molar-refractivity contribution in [2.24, 2.45) is 0 Å². The standard InChI is InChI=1S/C25H24ClN3O3/c1-32-22-9-7-17(14-19(22)26)24-27-20-5-3-2-4-18(20)25(28-24)29-11-10-16-12-15(13-23(30)31)6-8-21(16)29/h6-9,12,14H,2-5,10-11,13H2,1H3,(H,30,31). The smallest absolute Gasteiger partial charge is 0.307 e. The van der Waals surface area contributed by atoms with E-state index in [9.17, 15) is 4.79 Å². The molecule has 2 heterocycles. The lowest BCUT2D eigenvalue weighted by molar-refractivity contribution is -0.136. The first-order valence-electron chi connectivity index (χ1n) is 10.9. The number of rotatable bonds is 5. The monoisotopic (exact) mass is 449 g/mol. The fourth-order valence-corrected chi connectivity index (χ4v) is 4.95. The number of fused-ring (bicyclic) bond motifs is 2. The predicted octanol–water partition coefficient (Wildman–Crippen LogP) is 5.01. The second kappa shape index (κ2) is 8.43. The Morgan fingerprint density at radius 1 is 1.12 bits per heavy atom. The van der Waals surface area contributed by atoms with Crippen LogP contribution in [0.1, 0.15) is 35.2 Å². The average molecular weight is 450 g/mol. The van der Waals surface area contributed by atoms with Gasteiger partial charge in [0.2, 0.25) is 0 Å². The summed E-state index contributed by atoms with van der Waals surface area (Å²) in [6, 6.07) is 11.6. The van der Waals surface area contributed by atoms with Crippen LogP contribution in [0, 0.1) is 0 Å². The van der Waals surface area contributed by atoms with E-state index >= 15 is 0 Å². The van der Waals surface area contributed by atoms with E-state index in [1.807, 2.05) is 36.4 Å². The summed E-state index contributed by atoms with van der Waals surface area (Å²) in [5.74, 6) is 1.44. The van der Waals surface area contributed by atoms with Crippen molar-refractivity contribution in [3.63, 3.8) is 0 Å². The normalized spacial score (nSPS) is 14.8. The zero-order valence-electron chi connectivity index (χ0n) is 17.9. The van der Waals surface area contributed by atoms with E-state index in [-0.39, 0.29) is 6.42 Å². The Kier molecular flexibility index (Phi) is 5.47. The summed E-state index contributed by atoms with van der Waals surface area (Å²) in [6.45, 7) is 0.818. The Labute approximate surface area is 191 Å². The van der Waals surface area contributed by atoms with Crippen molar-refractivity contribution in [3.05, 3.63) is 63.8 Å². The molecule has 2 aromatic carbocycles. The number of hydrogen-bond acceptors (Lipinski definition) is 5. The third-order valence-electron chi connectivity index (χ3n) is 6.22. The van der Waals surface area contributed by atoms with Gasteiger partial charge in [0, 0.05) is 29.1 Å². The van der Waals surface area contributed by atoms with E-state index in [4.69, 9.17) is 31.4 Å². The number of halogens is 1. The van der Waals surface area contributed by atoms with Crippen molar-refractivity contribution in [2.75, 3.05) is 18.6 Å². The molecule has 1 aromatic heterocycles. The van der Waals surface area contributed by atoms with Crippen LogP contribution in [-0.4, -0.2) is 34.7 Å². The van der Waals surface area contributed by atoms with Gasteiger partial charge >= 0.3 is 5.97 Å². The fourth-order valence-electron chi connectivity index (χ4n) is 4.69. The summed E-state index contributed by atoms with van der Waals surface area (Å²) in [4.78, 5) is 23.3. The molecule has 0 radical (unpaired) electrons. The van der Waals surface area contributed by atoms with Crippen LogP contribution >= 0.6 is 11.6 Å². The van der Waals surface area contributed by atoms with E-state index < -0.39 is 5.97 Å². The van der Waals surface area contributed by atoms with Crippen LogP contribution in [0.2, 0.25) is 5.02 Å². The molecule has 164 valence electrons. The number of benzene rings is 2. The van der Waals surface area contributed by atoms with Crippen molar-refractivity contribution >= 4 is 29.1 Å². The van der Waals surface area contributed by atoms with Gasteiger partial charge < -0.3 is 14.7 Å². The van der Waals surface area contributed by atoms with Crippen molar-refractivity contribution in [1.82, 2.24) is 9.97 Å². The summed E-state index contributed by atoms with van der Waals surface area (Å²) in [5, 5.41) is 9.66. The zero-order valence-corrected chi connectivity index (χ0v) is 18.7. The minimum absolute atomic E-state index is 0.0402. The maximum atomic E-state index is 11.1. The van der Waals surface area contributed by atoms with Gasteiger partial charge in [-0.05, 0) is 67.5 Å². The van der Waals surface area contributed by atoms with Gasteiger partial charge in [0.05, 0.1) is 18.6 Å². The Bertz CT molecular complexity index is 1210. The molecular weight excluding hydrogens is 426 g/mol. The quantitative estimate of drug-likeness (QED) is 0.590. The maximum absolute atomic E-state index is 11.1. The number of hydrogen-bond donors (Lipinski definition) is 1. The summed E-state index contributed by atoms with van der Waals surface area (Å²) in [6.07, 6.45) is 5.08.